The molecule has 0 spiro atoms. The van der Waals surface area contributed by atoms with Gasteiger partial charge in [-0.2, -0.15) is 0 Å². The molecule has 1 saturated carbocycles. The molecule has 2 atom stereocenters. The Kier molecular flexibility index (Phi) is 2.06. The monoisotopic (exact) mass is 147 g/mol. The van der Waals surface area contributed by atoms with Crippen LogP contribution in [-0.4, -0.2) is 22.4 Å². The van der Waals surface area contributed by atoms with Crippen LogP contribution in [0.5, 0.6) is 0 Å². The standard InChI is InChI=1S/C5H9NO4/c7-4-2-1-3-5(4)10-6(8)9/h4-5,7H,1-3H2. The largest absolute Gasteiger partial charge is 0.391 e. The van der Waals surface area contributed by atoms with Crippen LogP contribution in [0.4, 0.5) is 0 Å². The van der Waals surface area contributed by atoms with Crippen LogP contribution in [0, 0.1) is 10.1 Å². The highest BCUT2D eigenvalue weighted by Gasteiger charge is 2.28. The molecule has 1 aliphatic carbocycles. The van der Waals surface area contributed by atoms with E-state index >= 15 is 0 Å². The Balaban J connectivity index is 2.33. The second-order valence-corrected chi connectivity index (χ2v) is 2.37. The van der Waals surface area contributed by atoms with Crippen molar-refractivity contribution in [3.8, 4) is 0 Å². The molecule has 0 aromatic heterocycles. The molecular formula is C5H9NO4. The van der Waals surface area contributed by atoms with E-state index in [1.807, 2.05) is 0 Å². The molecule has 1 rings (SSSR count). The van der Waals surface area contributed by atoms with Gasteiger partial charge in [-0.05, 0) is 19.3 Å². The molecule has 0 bridgehead atoms. The second kappa shape index (κ2) is 2.83. The maximum Gasteiger partial charge on any atom is 0.294 e. The zero-order chi connectivity index (χ0) is 7.56. The predicted molar refractivity (Wildman–Crippen MR) is 31.7 cm³/mol. The first-order valence-corrected chi connectivity index (χ1v) is 3.19. The molecule has 0 heterocycles. The van der Waals surface area contributed by atoms with Gasteiger partial charge in [0.1, 0.15) is 6.10 Å². The number of aliphatic hydroxyl groups is 1. The van der Waals surface area contributed by atoms with E-state index in [1.165, 1.54) is 0 Å². The molecule has 1 N–H and O–H groups in total. The first-order valence-electron chi connectivity index (χ1n) is 3.19. The van der Waals surface area contributed by atoms with Gasteiger partial charge in [0.2, 0.25) is 0 Å². The van der Waals surface area contributed by atoms with E-state index in [9.17, 15) is 10.1 Å². The van der Waals surface area contributed by atoms with E-state index in [0.717, 1.165) is 6.42 Å². The Labute approximate surface area is 57.7 Å². The van der Waals surface area contributed by atoms with E-state index in [0.29, 0.717) is 12.8 Å². The number of nitrogens with zero attached hydrogens (tertiary/aromatic N) is 1. The van der Waals surface area contributed by atoms with Crippen LogP contribution >= 0.6 is 0 Å². The van der Waals surface area contributed by atoms with Gasteiger partial charge in [-0.3, -0.25) is 0 Å². The summed E-state index contributed by atoms with van der Waals surface area (Å²) in [5.74, 6) is 0. The van der Waals surface area contributed by atoms with E-state index < -0.39 is 17.3 Å². The van der Waals surface area contributed by atoms with Crippen molar-refractivity contribution in [1.82, 2.24) is 0 Å². The summed E-state index contributed by atoms with van der Waals surface area (Å²) in [5.41, 5.74) is 0. The Bertz CT molecular complexity index is 138. The van der Waals surface area contributed by atoms with Gasteiger partial charge in [0.05, 0.1) is 6.10 Å². The maximum absolute atomic E-state index is 9.77. The summed E-state index contributed by atoms with van der Waals surface area (Å²) < 4.78 is 0. The summed E-state index contributed by atoms with van der Waals surface area (Å²) in [5, 5.41) is 17.9. The zero-order valence-electron chi connectivity index (χ0n) is 5.40. The summed E-state index contributed by atoms with van der Waals surface area (Å²) in [4.78, 5) is 14.0. The van der Waals surface area contributed by atoms with Gasteiger partial charge in [0.25, 0.3) is 5.09 Å². The summed E-state index contributed by atoms with van der Waals surface area (Å²) in [7, 11) is 0. The number of aliphatic hydroxyl groups excluding tert-OH is 1. The van der Waals surface area contributed by atoms with E-state index in [4.69, 9.17) is 5.11 Å². The molecular weight excluding hydrogens is 138 g/mol. The molecule has 0 aliphatic heterocycles. The van der Waals surface area contributed by atoms with Crippen LogP contribution in [-0.2, 0) is 4.84 Å². The lowest BCUT2D eigenvalue weighted by molar-refractivity contribution is -0.770. The van der Waals surface area contributed by atoms with Crippen molar-refractivity contribution >= 4 is 0 Å². The number of hydrogen-bond acceptors (Lipinski definition) is 4. The minimum atomic E-state index is -0.848. The molecule has 1 fully saturated rings. The fourth-order valence-electron chi connectivity index (χ4n) is 1.14. The maximum atomic E-state index is 9.77. The SMILES string of the molecule is O=[N+]([O-])OC1CCCC1O. The fourth-order valence-corrected chi connectivity index (χ4v) is 1.14. The second-order valence-electron chi connectivity index (χ2n) is 2.37. The minimum absolute atomic E-state index is 0.585. The van der Waals surface area contributed by atoms with Crippen molar-refractivity contribution in [1.29, 1.82) is 0 Å². The Morgan fingerprint density at radius 2 is 2.30 bits per heavy atom. The molecule has 0 aromatic rings. The highest BCUT2D eigenvalue weighted by molar-refractivity contribution is 4.75. The van der Waals surface area contributed by atoms with Crippen LogP contribution in [0.1, 0.15) is 19.3 Å². The molecule has 58 valence electrons. The van der Waals surface area contributed by atoms with E-state index in [1.54, 1.807) is 0 Å². The smallest absolute Gasteiger partial charge is 0.294 e. The van der Waals surface area contributed by atoms with Crippen LogP contribution < -0.4 is 0 Å². The summed E-state index contributed by atoms with van der Waals surface area (Å²) in [6.45, 7) is 0. The summed E-state index contributed by atoms with van der Waals surface area (Å²) in [6.07, 6.45) is 0.765. The average molecular weight is 147 g/mol. The van der Waals surface area contributed by atoms with Crippen LogP contribution in [0.25, 0.3) is 0 Å². The van der Waals surface area contributed by atoms with Crippen molar-refractivity contribution in [2.75, 3.05) is 0 Å². The van der Waals surface area contributed by atoms with Crippen molar-refractivity contribution in [3.63, 3.8) is 0 Å². The van der Waals surface area contributed by atoms with Crippen molar-refractivity contribution in [2.24, 2.45) is 0 Å². The highest BCUT2D eigenvalue weighted by Crippen LogP contribution is 2.21. The van der Waals surface area contributed by atoms with Gasteiger partial charge in [-0.15, -0.1) is 10.1 Å². The Morgan fingerprint density at radius 1 is 1.60 bits per heavy atom. The summed E-state index contributed by atoms with van der Waals surface area (Å²) >= 11 is 0. The van der Waals surface area contributed by atoms with E-state index in [-0.39, 0.29) is 0 Å². The third-order valence-corrected chi connectivity index (χ3v) is 1.64. The lowest BCUT2D eigenvalue weighted by Gasteiger charge is -2.10. The van der Waals surface area contributed by atoms with Gasteiger partial charge in [-0.1, -0.05) is 0 Å². The molecule has 0 amide bonds. The van der Waals surface area contributed by atoms with Gasteiger partial charge in [0, 0.05) is 0 Å². The molecule has 5 heteroatoms. The molecule has 1 aliphatic rings. The van der Waals surface area contributed by atoms with Crippen LogP contribution in [0.15, 0.2) is 0 Å². The van der Waals surface area contributed by atoms with Gasteiger partial charge >= 0.3 is 0 Å². The van der Waals surface area contributed by atoms with Crippen molar-refractivity contribution < 1.29 is 15.0 Å². The lowest BCUT2D eigenvalue weighted by atomic mass is 10.3. The quantitative estimate of drug-likeness (QED) is 0.444. The fraction of sp³-hybridized carbons (Fsp3) is 1.00. The van der Waals surface area contributed by atoms with E-state index in [2.05, 4.69) is 4.84 Å². The zero-order valence-corrected chi connectivity index (χ0v) is 5.40. The van der Waals surface area contributed by atoms with Gasteiger partial charge in [-0.25, -0.2) is 0 Å². The molecule has 0 aromatic carbocycles. The minimum Gasteiger partial charge on any atom is -0.391 e. The number of rotatable bonds is 2. The molecule has 0 saturated heterocycles. The molecule has 2 unspecified atom stereocenters. The summed E-state index contributed by atoms with van der Waals surface area (Å²) in [6, 6.07) is 0. The Morgan fingerprint density at radius 3 is 2.70 bits per heavy atom. The predicted octanol–water partition coefficient (Wildman–Crippen LogP) is 0.108. The normalized spacial score (nSPS) is 32.1. The number of hydrogen-bond donors (Lipinski definition) is 1. The van der Waals surface area contributed by atoms with Crippen LogP contribution in [0.3, 0.4) is 0 Å². The molecule has 5 nitrogen and oxygen atoms in total. The lowest BCUT2D eigenvalue weighted by Crippen LogP contribution is -2.25. The Hall–Kier alpha value is -0.840. The van der Waals surface area contributed by atoms with Crippen molar-refractivity contribution in [3.05, 3.63) is 10.1 Å². The molecule has 10 heavy (non-hydrogen) atoms. The van der Waals surface area contributed by atoms with Crippen LogP contribution in [0.2, 0.25) is 0 Å². The van der Waals surface area contributed by atoms with Gasteiger partial charge < -0.3 is 9.94 Å². The molecule has 0 radical (unpaired) electrons. The average Bonchev–Trinajstić information content (AvgIpc) is 2.15. The first-order chi connectivity index (χ1) is 4.70. The third-order valence-electron chi connectivity index (χ3n) is 1.64. The van der Waals surface area contributed by atoms with Gasteiger partial charge in [0.15, 0.2) is 0 Å². The topological polar surface area (TPSA) is 72.6 Å². The first kappa shape index (κ1) is 7.27. The highest BCUT2D eigenvalue weighted by atomic mass is 17.0. The van der Waals surface area contributed by atoms with Crippen molar-refractivity contribution in [2.45, 2.75) is 31.5 Å². The third kappa shape index (κ3) is 1.57.